The first kappa shape index (κ1) is 9.91. The lowest BCUT2D eigenvalue weighted by molar-refractivity contribution is 1.06. The molecule has 0 saturated heterocycles. The van der Waals surface area contributed by atoms with Gasteiger partial charge in [-0.15, -0.1) is 0 Å². The zero-order valence-electron chi connectivity index (χ0n) is 9.20. The predicted molar refractivity (Wildman–Crippen MR) is 65.8 cm³/mol. The molecule has 2 rings (SSSR count). The van der Waals surface area contributed by atoms with Gasteiger partial charge in [-0.2, -0.15) is 0 Å². The number of fused-ring (bicyclic) bond motifs is 1. The van der Waals surface area contributed by atoms with Gasteiger partial charge in [-0.05, 0) is 31.0 Å². The Morgan fingerprint density at radius 3 is 2.73 bits per heavy atom. The summed E-state index contributed by atoms with van der Waals surface area (Å²) in [6.45, 7) is 4.16. The molecule has 2 aromatic rings. The van der Waals surface area contributed by atoms with Gasteiger partial charge in [-0.1, -0.05) is 37.3 Å². The van der Waals surface area contributed by atoms with Crippen LogP contribution in [-0.4, -0.2) is 4.98 Å². The van der Waals surface area contributed by atoms with Crippen molar-refractivity contribution in [1.82, 2.24) is 4.98 Å². The van der Waals surface area contributed by atoms with Crippen LogP contribution in [0.3, 0.4) is 0 Å². The SMILES string of the molecule is C/C=C/c1ccc2ccc(CC)nc2c1. The van der Waals surface area contributed by atoms with Gasteiger partial charge in [0.15, 0.2) is 0 Å². The van der Waals surface area contributed by atoms with Crippen LogP contribution in [0, 0.1) is 0 Å². The third-order valence-electron chi connectivity index (χ3n) is 2.50. The molecule has 0 spiro atoms. The van der Waals surface area contributed by atoms with Crippen LogP contribution in [0.15, 0.2) is 36.4 Å². The number of pyridine rings is 1. The van der Waals surface area contributed by atoms with Crippen molar-refractivity contribution in [1.29, 1.82) is 0 Å². The first-order chi connectivity index (χ1) is 7.33. The van der Waals surface area contributed by atoms with Crippen molar-refractivity contribution in [3.63, 3.8) is 0 Å². The Bertz CT molecular complexity index is 498. The fraction of sp³-hybridized carbons (Fsp3) is 0.214. The third kappa shape index (κ3) is 2.07. The van der Waals surface area contributed by atoms with Crippen LogP contribution in [0.1, 0.15) is 25.1 Å². The molecule has 76 valence electrons. The van der Waals surface area contributed by atoms with Gasteiger partial charge in [0.2, 0.25) is 0 Å². The van der Waals surface area contributed by atoms with Crippen LogP contribution in [0.25, 0.3) is 17.0 Å². The normalized spacial score (nSPS) is 11.3. The Labute approximate surface area is 90.5 Å². The maximum absolute atomic E-state index is 4.60. The minimum Gasteiger partial charge on any atom is -0.253 e. The monoisotopic (exact) mass is 197 g/mol. The van der Waals surface area contributed by atoms with Gasteiger partial charge in [0, 0.05) is 11.1 Å². The van der Waals surface area contributed by atoms with Gasteiger partial charge in [0.25, 0.3) is 0 Å². The molecule has 15 heavy (non-hydrogen) atoms. The largest absolute Gasteiger partial charge is 0.253 e. The lowest BCUT2D eigenvalue weighted by atomic mass is 10.1. The van der Waals surface area contributed by atoms with Crippen LogP contribution in [-0.2, 0) is 6.42 Å². The lowest BCUT2D eigenvalue weighted by Crippen LogP contribution is -1.87. The molecule has 0 atom stereocenters. The van der Waals surface area contributed by atoms with Gasteiger partial charge in [0.05, 0.1) is 5.52 Å². The molecule has 0 bridgehead atoms. The van der Waals surface area contributed by atoms with Gasteiger partial charge in [0.1, 0.15) is 0 Å². The van der Waals surface area contributed by atoms with Crippen molar-refractivity contribution in [2.45, 2.75) is 20.3 Å². The van der Waals surface area contributed by atoms with Crippen molar-refractivity contribution in [3.8, 4) is 0 Å². The number of aryl methyl sites for hydroxylation is 1. The summed E-state index contributed by atoms with van der Waals surface area (Å²) in [4.78, 5) is 4.60. The molecule has 1 heteroatoms. The molecule has 0 amide bonds. The van der Waals surface area contributed by atoms with Crippen molar-refractivity contribution < 1.29 is 0 Å². The van der Waals surface area contributed by atoms with E-state index in [-0.39, 0.29) is 0 Å². The first-order valence-corrected chi connectivity index (χ1v) is 5.36. The average molecular weight is 197 g/mol. The Morgan fingerprint density at radius 1 is 1.20 bits per heavy atom. The number of nitrogens with zero attached hydrogens (tertiary/aromatic N) is 1. The smallest absolute Gasteiger partial charge is 0.0711 e. The zero-order chi connectivity index (χ0) is 10.7. The highest BCUT2D eigenvalue weighted by Gasteiger charge is 1.97. The van der Waals surface area contributed by atoms with Crippen LogP contribution in [0.4, 0.5) is 0 Å². The predicted octanol–water partition coefficient (Wildman–Crippen LogP) is 3.83. The molecule has 0 unspecified atom stereocenters. The Morgan fingerprint density at radius 2 is 2.00 bits per heavy atom. The number of rotatable bonds is 2. The molecular weight excluding hydrogens is 182 g/mol. The standard InChI is InChI=1S/C14H15N/c1-3-5-11-6-7-12-8-9-13(4-2)15-14(12)10-11/h3,5-10H,4H2,1-2H3/b5-3+. The maximum Gasteiger partial charge on any atom is 0.0711 e. The molecule has 1 aromatic heterocycles. The molecule has 1 nitrogen and oxygen atoms in total. The highest BCUT2D eigenvalue weighted by Crippen LogP contribution is 2.16. The molecule has 0 aliphatic rings. The number of hydrogen-bond acceptors (Lipinski definition) is 1. The number of hydrogen-bond donors (Lipinski definition) is 0. The van der Waals surface area contributed by atoms with E-state index in [1.54, 1.807) is 0 Å². The van der Waals surface area contributed by atoms with Gasteiger partial charge < -0.3 is 0 Å². The van der Waals surface area contributed by atoms with Crippen LogP contribution < -0.4 is 0 Å². The van der Waals surface area contributed by atoms with E-state index in [9.17, 15) is 0 Å². The summed E-state index contributed by atoms with van der Waals surface area (Å²) in [6, 6.07) is 10.6. The molecule has 0 saturated carbocycles. The van der Waals surface area contributed by atoms with E-state index in [1.807, 2.05) is 13.0 Å². The van der Waals surface area contributed by atoms with Gasteiger partial charge in [-0.3, -0.25) is 4.98 Å². The minimum atomic E-state index is 0.990. The quantitative estimate of drug-likeness (QED) is 0.713. The average Bonchev–Trinajstić information content (AvgIpc) is 2.28. The van der Waals surface area contributed by atoms with Crippen molar-refractivity contribution in [3.05, 3.63) is 47.7 Å². The highest BCUT2D eigenvalue weighted by atomic mass is 14.7. The van der Waals surface area contributed by atoms with E-state index in [1.165, 1.54) is 10.9 Å². The second kappa shape index (κ2) is 4.26. The number of benzene rings is 1. The van der Waals surface area contributed by atoms with E-state index in [0.717, 1.165) is 17.6 Å². The Hall–Kier alpha value is -1.63. The summed E-state index contributed by atoms with van der Waals surface area (Å²) in [5.74, 6) is 0. The second-order valence-corrected chi connectivity index (χ2v) is 3.61. The van der Waals surface area contributed by atoms with Gasteiger partial charge >= 0.3 is 0 Å². The highest BCUT2D eigenvalue weighted by molar-refractivity contribution is 5.81. The Balaban J connectivity index is 2.57. The topological polar surface area (TPSA) is 12.9 Å². The molecular formula is C14H15N. The lowest BCUT2D eigenvalue weighted by Gasteiger charge is -2.01. The molecule has 0 aliphatic carbocycles. The number of aromatic nitrogens is 1. The van der Waals surface area contributed by atoms with Crippen molar-refractivity contribution >= 4 is 17.0 Å². The summed E-state index contributed by atoms with van der Waals surface area (Å²) in [6.07, 6.45) is 5.13. The summed E-state index contributed by atoms with van der Waals surface area (Å²) in [7, 11) is 0. The third-order valence-corrected chi connectivity index (χ3v) is 2.50. The second-order valence-electron chi connectivity index (χ2n) is 3.61. The first-order valence-electron chi connectivity index (χ1n) is 5.36. The van der Waals surface area contributed by atoms with Crippen LogP contribution >= 0.6 is 0 Å². The van der Waals surface area contributed by atoms with Crippen molar-refractivity contribution in [2.75, 3.05) is 0 Å². The van der Waals surface area contributed by atoms with E-state index in [2.05, 4.69) is 48.3 Å². The van der Waals surface area contributed by atoms with E-state index >= 15 is 0 Å². The maximum atomic E-state index is 4.60. The van der Waals surface area contributed by atoms with E-state index < -0.39 is 0 Å². The van der Waals surface area contributed by atoms with Crippen LogP contribution in [0.2, 0.25) is 0 Å². The molecule has 1 heterocycles. The molecule has 1 aromatic carbocycles. The van der Waals surface area contributed by atoms with E-state index in [0.29, 0.717) is 0 Å². The summed E-state index contributed by atoms with van der Waals surface area (Å²) < 4.78 is 0. The number of allylic oxidation sites excluding steroid dienone is 1. The summed E-state index contributed by atoms with van der Waals surface area (Å²) in [5.41, 5.74) is 3.45. The minimum absolute atomic E-state index is 0.990. The van der Waals surface area contributed by atoms with E-state index in [4.69, 9.17) is 0 Å². The van der Waals surface area contributed by atoms with Crippen molar-refractivity contribution in [2.24, 2.45) is 0 Å². The molecule has 0 aliphatic heterocycles. The fourth-order valence-electron chi connectivity index (χ4n) is 1.67. The molecule has 0 fully saturated rings. The fourth-order valence-corrected chi connectivity index (χ4v) is 1.67. The molecule has 0 radical (unpaired) electrons. The Kier molecular flexibility index (Phi) is 2.82. The van der Waals surface area contributed by atoms with Gasteiger partial charge in [-0.25, -0.2) is 0 Å². The summed E-state index contributed by atoms with van der Waals surface area (Å²) >= 11 is 0. The molecule has 0 N–H and O–H groups in total. The summed E-state index contributed by atoms with van der Waals surface area (Å²) in [5, 5.41) is 1.21. The van der Waals surface area contributed by atoms with Crippen LogP contribution in [0.5, 0.6) is 0 Å². The zero-order valence-corrected chi connectivity index (χ0v) is 9.20.